The second-order valence-electron chi connectivity index (χ2n) is 4.28. The molecule has 1 aromatic rings. The molecule has 1 amide bonds. The summed E-state index contributed by atoms with van der Waals surface area (Å²) in [6.45, 7) is 2.07. The molecule has 0 spiro atoms. The van der Waals surface area contributed by atoms with Crippen LogP contribution in [0, 0.1) is 0 Å². The zero-order valence-corrected chi connectivity index (χ0v) is 10.3. The SMILES string of the molecule is CC(CC(N)=O)NCC(C(=O)O)c1ccccc1. The fraction of sp³-hybridized carbons (Fsp3) is 0.385. The molecule has 0 saturated carbocycles. The summed E-state index contributed by atoms with van der Waals surface area (Å²) in [4.78, 5) is 21.9. The molecule has 4 N–H and O–H groups in total. The Labute approximate surface area is 106 Å². The van der Waals surface area contributed by atoms with Gasteiger partial charge in [-0.1, -0.05) is 30.3 Å². The van der Waals surface area contributed by atoms with E-state index in [-0.39, 0.29) is 19.0 Å². The van der Waals surface area contributed by atoms with Gasteiger partial charge in [0, 0.05) is 19.0 Å². The molecule has 0 aromatic heterocycles. The Hall–Kier alpha value is -1.88. The van der Waals surface area contributed by atoms with Gasteiger partial charge in [0.15, 0.2) is 0 Å². The van der Waals surface area contributed by atoms with E-state index in [1.165, 1.54) is 0 Å². The summed E-state index contributed by atoms with van der Waals surface area (Å²) in [5, 5.41) is 12.2. The fourth-order valence-electron chi connectivity index (χ4n) is 1.73. The van der Waals surface area contributed by atoms with Crippen molar-refractivity contribution in [1.82, 2.24) is 5.32 Å². The maximum absolute atomic E-state index is 11.2. The molecule has 98 valence electrons. The Morgan fingerprint density at radius 3 is 2.44 bits per heavy atom. The van der Waals surface area contributed by atoms with Crippen LogP contribution in [0.15, 0.2) is 30.3 Å². The second-order valence-corrected chi connectivity index (χ2v) is 4.28. The number of hydrogen-bond donors (Lipinski definition) is 3. The van der Waals surface area contributed by atoms with Crippen molar-refractivity contribution in [2.45, 2.75) is 25.3 Å². The van der Waals surface area contributed by atoms with E-state index in [0.717, 1.165) is 5.56 Å². The molecule has 0 aliphatic heterocycles. The van der Waals surface area contributed by atoms with Gasteiger partial charge in [-0.3, -0.25) is 9.59 Å². The number of carbonyl (C=O) groups is 2. The number of carboxylic acid groups (broad SMARTS) is 1. The van der Waals surface area contributed by atoms with Crippen molar-refractivity contribution in [2.24, 2.45) is 5.73 Å². The van der Waals surface area contributed by atoms with Gasteiger partial charge in [-0.2, -0.15) is 0 Å². The van der Waals surface area contributed by atoms with Gasteiger partial charge in [0.05, 0.1) is 5.92 Å². The minimum Gasteiger partial charge on any atom is -0.481 e. The first-order valence-corrected chi connectivity index (χ1v) is 5.80. The van der Waals surface area contributed by atoms with E-state index in [1.807, 2.05) is 6.07 Å². The largest absolute Gasteiger partial charge is 0.481 e. The van der Waals surface area contributed by atoms with Gasteiger partial charge in [0.25, 0.3) is 0 Å². The number of carboxylic acids is 1. The molecule has 5 nitrogen and oxygen atoms in total. The number of nitrogens with two attached hydrogens (primary N) is 1. The lowest BCUT2D eigenvalue weighted by atomic mass is 9.99. The third kappa shape index (κ3) is 4.55. The number of nitrogens with one attached hydrogen (secondary N) is 1. The van der Waals surface area contributed by atoms with E-state index in [9.17, 15) is 14.7 Å². The summed E-state index contributed by atoms with van der Waals surface area (Å²) in [6.07, 6.45) is 0.196. The maximum Gasteiger partial charge on any atom is 0.312 e. The zero-order chi connectivity index (χ0) is 13.5. The molecule has 0 saturated heterocycles. The molecule has 1 rings (SSSR count). The summed E-state index contributed by atoms with van der Waals surface area (Å²) in [5.41, 5.74) is 5.82. The van der Waals surface area contributed by atoms with Crippen molar-refractivity contribution in [2.75, 3.05) is 6.54 Å². The molecule has 2 atom stereocenters. The first-order valence-electron chi connectivity index (χ1n) is 5.80. The minimum atomic E-state index is -0.889. The lowest BCUT2D eigenvalue weighted by molar-refractivity contribution is -0.138. The first-order chi connectivity index (χ1) is 8.50. The number of primary amides is 1. The van der Waals surface area contributed by atoms with Gasteiger partial charge in [0.1, 0.15) is 0 Å². The molecule has 0 bridgehead atoms. The molecule has 2 unspecified atom stereocenters. The summed E-state index contributed by atoms with van der Waals surface area (Å²) in [5.74, 6) is -1.91. The molecular weight excluding hydrogens is 232 g/mol. The molecule has 0 radical (unpaired) electrons. The summed E-state index contributed by atoms with van der Waals surface area (Å²) in [7, 11) is 0. The number of amides is 1. The van der Waals surface area contributed by atoms with Crippen molar-refractivity contribution < 1.29 is 14.7 Å². The highest BCUT2D eigenvalue weighted by molar-refractivity contribution is 5.76. The average molecular weight is 250 g/mol. The van der Waals surface area contributed by atoms with Crippen molar-refractivity contribution in [1.29, 1.82) is 0 Å². The lowest BCUT2D eigenvalue weighted by Gasteiger charge is -2.17. The monoisotopic (exact) mass is 250 g/mol. The number of carbonyl (C=O) groups excluding carboxylic acids is 1. The van der Waals surface area contributed by atoms with Crippen molar-refractivity contribution >= 4 is 11.9 Å². The molecule has 1 aromatic carbocycles. The summed E-state index contributed by atoms with van der Waals surface area (Å²) < 4.78 is 0. The van der Waals surface area contributed by atoms with Crippen LogP contribution in [-0.2, 0) is 9.59 Å². The van der Waals surface area contributed by atoms with Crippen LogP contribution < -0.4 is 11.1 Å². The number of hydrogen-bond acceptors (Lipinski definition) is 3. The summed E-state index contributed by atoms with van der Waals surface area (Å²) >= 11 is 0. The van der Waals surface area contributed by atoms with Crippen LogP contribution in [0.3, 0.4) is 0 Å². The molecule has 0 fully saturated rings. The standard InChI is InChI=1S/C13H18N2O3/c1-9(7-12(14)16)15-8-11(13(17)18)10-5-3-2-4-6-10/h2-6,9,11,15H,7-8H2,1H3,(H2,14,16)(H,17,18). The third-order valence-corrected chi connectivity index (χ3v) is 2.68. The molecular formula is C13H18N2O3. The minimum absolute atomic E-state index is 0.131. The predicted molar refractivity (Wildman–Crippen MR) is 68.1 cm³/mol. The second kappa shape index (κ2) is 6.76. The van der Waals surface area contributed by atoms with Crippen LogP contribution in [0.1, 0.15) is 24.8 Å². The first kappa shape index (κ1) is 14.2. The van der Waals surface area contributed by atoms with E-state index in [1.54, 1.807) is 31.2 Å². The Morgan fingerprint density at radius 2 is 1.94 bits per heavy atom. The Morgan fingerprint density at radius 1 is 1.33 bits per heavy atom. The molecule has 0 aliphatic rings. The van der Waals surface area contributed by atoms with Crippen LogP contribution in [0.2, 0.25) is 0 Å². The topological polar surface area (TPSA) is 92.4 Å². The van der Waals surface area contributed by atoms with E-state index in [4.69, 9.17) is 5.73 Å². The zero-order valence-electron chi connectivity index (χ0n) is 10.3. The molecule has 0 aliphatic carbocycles. The molecule has 5 heteroatoms. The van der Waals surface area contributed by atoms with E-state index < -0.39 is 17.8 Å². The lowest BCUT2D eigenvalue weighted by Crippen LogP contribution is -2.35. The van der Waals surface area contributed by atoms with Gasteiger partial charge in [0.2, 0.25) is 5.91 Å². The number of benzene rings is 1. The normalized spacial score (nSPS) is 13.8. The maximum atomic E-state index is 11.2. The average Bonchev–Trinajstić information content (AvgIpc) is 2.29. The van der Waals surface area contributed by atoms with Crippen molar-refractivity contribution in [3.05, 3.63) is 35.9 Å². The number of rotatable bonds is 7. The van der Waals surface area contributed by atoms with Crippen LogP contribution in [-0.4, -0.2) is 29.6 Å². The van der Waals surface area contributed by atoms with Gasteiger partial charge in [-0.15, -0.1) is 0 Å². The van der Waals surface area contributed by atoms with E-state index in [2.05, 4.69) is 5.32 Å². The quantitative estimate of drug-likeness (QED) is 0.664. The summed E-state index contributed by atoms with van der Waals surface area (Å²) in [6, 6.07) is 8.87. The highest BCUT2D eigenvalue weighted by Gasteiger charge is 2.20. The van der Waals surface area contributed by atoms with Gasteiger partial charge >= 0.3 is 5.97 Å². The van der Waals surface area contributed by atoms with Crippen LogP contribution >= 0.6 is 0 Å². The Bertz CT molecular complexity index is 406. The molecule has 18 heavy (non-hydrogen) atoms. The van der Waals surface area contributed by atoms with Crippen molar-refractivity contribution in [3.8, 4) is 0 Å². The fourth-order valence-corrected chi connectivity index (χ4v) is 1.73. The van der Waals surface area contributed by atoms with Crippen LogP contribution in [0.25, 0.3) is 0 Å². The van der Waals surface area contributed by atoms with Crippen LogP contribution in [0.5, 0.6) is 0 Å². The van der Waals surface area contributed by atoms with Gasteiger partial charge < -0.3 is 16.2 Å². The third-order valence-electron chi connectivity index (χ3n) is 2.68. The highest BCUT2D eigenvalue weighted by atomic mass is 16.4. The van der Waals surface area contributed by atoms with Gasteiger partial charge in [-0.25, -0.2) is 0 Å². The highest BCUT2D eigenvalue weighted by Crippen LogP contribution is 2.15. The smallest absolute Gasteiger partial charge is 0.312 e. The molecule has 0 heterocycles. The Kier molecular flexibility index (Phi) is 5.32. The number of aliphatic carboxylic acids is 1. The van der Waals surface area contributed by atoms with E-state index >= 15 is 0 Å². The Balaban J connectivity index is 2.60. The van der Waals surface area contributed by atoms with Gasteiger partial charge in [-0.05, 0) is 12.5 Å². The predicted octanol–water partition coefficient (Wildman–Crippen LogP) is 0.708. The van der Waals surface area contributed by atoms with E-state index in [0.29, 0.717) is 0 Å². The van der Waals surface area contributed by atoms with Crippen LogP contribution in [0.4, 0.5) is 0 Å². The van der Waals surface area contributed by atoms with Crippen molar-refractivity contribution in [3.63, 3.8) is 0 Å².